The number of esters is 3. The molecule has 2 heterocycles. The number of hydrogen-bond donors (Lipinski definition) is 1. The van der Waals surface area contributed by atoms with Crippen LogP contribution in [0.3, 0.4) is 0 Å². The third-order valence-corrected chi connectivity index (χ3v) is 7.42. The Balaban J connectivity index is 1.67. The van der Waals surface area contributed by atoms with Gasteiger partial charge in [0.1, 0.15) is 6.61 Å². The Kier molecular flexibility index (Phi) is 10.1. The van der Waals surface area contributed by atoms with Crippen molar-refractivity contribution in [1.29, 1.82) is 0 Å². The van der Waals surface area contributed by atoms with Crippen LogP contribution in [0, 0.1) is 0 Å². The number of aromatic nitrogens is 1. The Labute approximate surface area is 216 Å². The number of hydrogen-bond acceptors (Lipinski definition) is 10. The van der Waals surface area contributed by atoms with Gasteiger partial charge in [-0.3, -0.25) is 23.8 Å². The predicted molar refractivity (Wildman–Crippen MR) is 136 cm³/mol. The minimum absolute atomic E-state index is 0.000520. The third kappa shape index (κ3) is 8.62. The zero-order chi connectivity index (χ0) is 26.8. The first-order valence-electron chi connectivity index (χ1n) is 12.0. The number of sulfonamides is 1. The number of piperazine rings is 1. The van der Waals surface area contributed by atoms with Crippen LogP contribution >= 0.6 is 0 Å². The average Bonchev–Trinajstić information content (AvgIpc) is 2.88. The van der Waals surface area contributed by atoms with Crippen LogP contribution in [0.15, 0.2) is 42.6 Å². The molecule has 200 valence electrons. The maximum absolute atomic E-state index is 13.0. The lowest BCUT2D eigenvalue weighted by Crippen LogP contribution is -2.42. The summed E-state index contributed by atoms with van der Waals surface area (Å²) in [6.07, 6.45) is 1.04. The molecule has 1 aromatic heterocycles. The van der Waals surface area contributed by atoms with Crippen LogP contribution in [0.5, 0.6) is 0 Å². The van der Waals surface area contributed by atoms with Gasteiger partial charge in [0, 0.05) is 45.8 Å². The molecule has 0 saturated carbocycles. The molecular formula is C25H32N4O7S. The van der Waals surface area contributed by atoms with E-state index in [1.165, 1.54) is 16.6 Å². The quantitative estimate of drug-likeness (QED) is 0.335. The lowest BCUT2D eigenvalue weighted by atomic mass is 10.1. The Morgan fingerprint density at radius 1 is 1.14 bits per heavy atom. The van der Waals surface area contributed by atoms with Gasteiger partial charge in [0.05, 0.1) is 35.7 Å². The van der Waals surface area contributed by atoms with Gasteiger partial charge in [0.15, 0.2) is 0 Å². The largest absolute Gasteiger partial charge is 0.461 e. The van der Waals surface area contributed by atoms with E-state index in [1.54, 1.807) is 19.1 Å². The predicted octanol–water partition coefficient (Wildman–Crippen LogP) is 1.48. The van der Waals surface area contributed by atoms with Crippen molar-refractivity contribution >= 4 is 33.6 Å². The van der Waals surface area contributed by atoms with Crippen molar-refractivity contribution in [1.82, 2.24) is 15.2 Å². The molecule has 12 heteroatoms. The number of benzene rings is 1. The van der Waals surface area contributed by atoms with Gasteiger partial charge in [-0.25, -0.2) is 13.2 Å². The van der Waals surface area contributed by atoms with Crippen LogP contribution in [0.1, 0.15) is 41.9 Å². The van der Waals surface area contributed by atoms with Gasteiger partial charge < -0.3 is 14.8 Å². The van der Waals surface area contributed by atoms with Gasteiger partial charge in [0.25, 0.3) is 0 Å². The van der Waals surface area contributed by atoms with E-state index in [0.717, 1.165) is 45.2 Å². The van der Waals surface area contributed by atoms with E-state index < -0.39 is 27.9 Å². The van der Waals surface area contributed by atoms with E-state index in [-0.39, 0.29) is 30.9 Å². The molecule has 1 saturated heterocycles. The molecule has 1 fully saturated rings. The second-order valence-corrected chi connectivity index (χ2v) is 10.7. The van der Waals surface area contributed by atoms with Crippen LogP contribution in [0.25, 0.3) is 0 Å². The van der Waals surface area contributed by atoms with Crippen molar-refractivity contribution in [2.45, 2.75) is 33.4 Å². The molecule has 0 atom stereocenters. The van der Waals surface area contributed by atoms with E-state index in [9.17, 15) is 22.8 Å². The SMILES string of the molecule is CCS(=O)(=O)N(Cc1ccc(C(=O)OCCC(=O)OC(C)=O)cn1)c1cccc(CN2CCNCC2)c1. The maximum atomic E-state index is 13.0. The summed E-state index contributed by atoms with van der Waals surface area (Å²) in [5.41, 5.74) is 2.17. The highest BCUT2D eigenvalue weighted by Crippen LogP contribution is 2.23. The van der Waals surface area contributed by atoms with Gasteiger partial charge >= 0.3 is 17.9 Å². The molecule has 0 aliphatic carbocycles. The molecule has 3 rings (SSSR count). The Bertz CT molecular complexity index is 1200. The molecule has 1 aromatic carbocycles. The average molecular weight is 533 g/mol. The number of carbonyl (C=O) groups excluding carboxylic acids is 3. The normalized spacial score (nSPS) is 14.1. The molecule has 0 amide bonds. The smallest absolute Gasteiger partial charge is 0.339 e. The minimum Gasteiger partial charge on any atom is -0.461 e. The Hall–Kier alpha value is -3.35. The van der Waals surface area contributed by atoms with E-state index in [0.29, 0.717) is 11.4 Å². The first kappa shape index (κ1) is 28.2. The molecule has 0 bridgehead atoms. The summed E-state index contributed by atoms with van der Waals surface area (Å²) in [6.45, 7) is 6.90. The molecule has 0 unspecified atom stereocenters. The molecule has 37 heavy (non-hydrogen) atoms. The minimum atomic E-state index is -3.61. The Morgan fingerprint density at radius 2 is 1.89 bits per heavy atom. The number of nitrogens with zero attached hydrogens (tertiary/aromatic N) is 3. The second kappa shape index (κ2) is 13.3. The van der Waals surface area contributed by atoms with Crippen molar-refractivity contribution in [2.75, 3.05) is 42.8 Å². The van der Waals surface area contributed by atoms with Gasteiger partial charge in [-0.1, -0.05) is 12.1 Å². The highest BCUT2D eigenvalue weighted by Gasteiger charge is 2.22. The molecule has 1 N–H and O–H groups in total. The molecule has 0 radical (unpaired) electrons. The van der Waals surface area contributed by atoms with Gasteiger partial charge in [-0.2, -0.15) is 0 Å². The number of ether oxygens (including phenoxy) is 2. The summed E-state index contributed by atoms with van der Waals surface area (Å²) in [5.74, 6) is -2.30. The lowest BCUT2D eigenvalue weighted by Gasteiger charge is -2.28. The van der Waals surface area contributed by atoms with E-state index in [4.69, 9.17) is 4.74 Å². The summed E-state index contributed by atoms with van der Waals surface area (Å²) < 4.78 is 36.6. The van der Waals surface area contributed by atoms with Crippen molar-refractivity contribution in [2.24, 2.45) is 0 Å². The van der Waals surface area contributed by atoms with Crippen molar-refractivity contribution in [3.8, 4) is 0 Å². The molecule has 1 aliphatic heterocycles. The van der Waals surface area contributed by atoms with E-state index in [1.807, 2.05) is 18.2 Å². The fourth-order valence-corrected chi connectivity index (χ4v) is 4.83. The number of anilines is 1. The molecule has 1 aliphatic rings. The zero-order valence-corrected chi connectivity index (χ0v) is 21.8. The van der Waals surface area contributed by atoms with Gasteiger partial charge in [-0.05, 0) is 36.8 Å². The van der Waals surface area contributed by atoms with E-state index >= 15 is 0 Å². The van der Waals surface area contributed by atoms with Gasteiger partial charge in [-0.15, -0.1) is 0 Å². The fraction of sp³-hybridized carbons (Fsp3) is 0.440. The lowest BCUT2D eigenvalue weighted by molar-refractivity contribution is -0.158. The highest BCUT2D eigenvalue weighted by atomic mass is 32.2. The van der Waals surface area contributed by atoms with Crippen LogP contribution in [-0.4, -0.2) is 74.7 Å². The first-order chi connectivity index (χ1) is 17.7. The monoisotopic (exact) mass is 532 g/mol. The van der Waals surface area contributed by atoms with Crippen LogP contribution < -0.4 is 9.62 Å². The first-order valence-corrected chi connectivity index (χ1v) is 13.6. The maximum Gasteiger partial charge on any atom is 0.339 e. The summed E-state index contributed by atoms with van der Waals surface area (Å²) >= 11 is 0. The summed E-state index contributed by atoms with van der Waals surface area (Å²) in [6, 6.07) is 10.5. The standard InChI is InChI=1S/C25H32N4O7S/c1-3-37(33,34)29(23-6-4-5-20(15-23)17-28-12-10-26-11-13-28)18-22-8-7-21(16-27-22)25(32)35-14-9-24(31)36-19(2)30/h4-8,15-16,26H,3,9-14,17-18H2,1-2H3. The number of pyridine rings is 1. The summed E-state index contributed by atoms with van der Waals surface area (Å²) in [4.78, 5) is 40.9. The molecule has 11 nitrogen and oxygen atoms in total. The van der Waals surface area contributed by atoms with Gasteiger partial charge in [0.2, 0.25) is 10.0 Å². The zero-order valence-electron chi connectivity index (χ0n) is 21.0. The topological polar surface area (TPSA) is 135 Å². The van der Waals surface area contributed by atoms with Crippen molar-refractivity contribution in [3.63, 3.8) is 0 Å². The fourth-order valence-electron chi connectivity index (χ4n) is 3.75. The molecule has 0 spiro atoms. The van der Waals surface area contributed by atoms with Crippen LogP contribution in [0.2, 0.25) is 0 Å². The van der Waals surface area contributed by atoms with Crippen LogP contribution in [-0.2, 0) is 42.2 Å². The van der Waals surface area contributed by atoms with Crippen molar-refractivity contribution < 1.29 is 32.3 Å². The Morgan fingerprint density at radius 3 is 2.54 bits per heavy atom. The van der Waals surface area contributed by atoms with Crippen molar-refractivity contribution in [3.05, 3.63) is 59.4 Å². The highest BCUT2D eigenvalue weighted by molar-refractivity contribution is 7.92. The second-order valence-electron chi connectivity index (χ2n) is 8.49. The summed E-state index contributed by atoms with van der Waals surface area (Å²) in [5, 5.41) is 3.32. The van der Waals surface area contributed by atoms with Crippen LogP contribution in [0.4, 0.5) is 5.69 Å². The number of carbonyl (C=O) groups is 3. The number of rotatable bonds is 11. The molecular weight excluding hydrogens is 500 g/mol. The summed E-state index contributed by atoms with van der Waals surface area (Å²) in [7, 11) is -3.61. The molecule has 2 aromatic rings. The third-order valence-electron chi connectivity index (χ3n) is 5.68. The van der Waals surface area contributed by atoms with E-state index in [2.05, 4.69) is 19.9 Å². The number of nitrogens with one attached hydrogen (secondary N) is 1.